The molecule has 0 saturated carbocycles. The quantitative estimate of drug-likeness (QED) is 0.778. The van der Waals surface area contributed by atoms with Crippen LogP contribution in [0.15, 0.2) is 18.2 Å². The van der Waals surface area contributed by atoms with Gasteiger partial charge in [0.15, 0.2) is 0 Å². The summed E-state index contributed by atoms with van der Waals surface area (Å²) >= 11 is 0. The number of aliphatic carboxylic acids is 1. The Balaban J connectivity index is 3.08. The van der Waals surface area contributed by atoms with Crippen LogP contribution >= 0.6 is 0 Å². The number of benzene rings is 1. The molecule has 1 rings (SSSR count). The van der Waals surface area contributed by atoms with Gasteiger partial charge in [-0.1, -0.05) is 6.07 Å². The maximum absolute atomic E-state index is 10.8. The maximum Gasteiger partial charge on any atom is 0.325 e. The van der Waals surface area contributed by atoms with Gasteiger partial charge in [0, 0.05) is 7.11 Å². The third kappa shape index (κ3) is 2.95. The first kappa shape index (κ1) is 12.5. The highest BCUT2D eigenvalue weighted by molar-refractivity contribution is 5.75. The van der Waals surface area contributed by atoms with Crippen LogP contribution in [0.3, 0.4) is 0 Å². The second kappa shape index (κ2) is 5.48. The van der Waals surface area contributed by atoms with Crippen molar-refractivity contribution in [1.29, 1.82) is 0 Å². The lowest BCUT2D eigenvalue weighted by atomic mass is 10.0. The van der Waals surface area contributed by atoms with Crippen LogP contribution in [0, 0.1) is 0 Å². The third-order valence-electron chi connectivity index (χ3n) is 2.16. The minimum Gasteiger partial charge on any atom is -0.497 e. The predicted molar refractivity (Wildman–Crippen MR) is 58.3 cm³/mol. The molecule has 0 aliphatic carbocycles. The molecule has 88 valence electrons. The van der Waals surface area contributed by atoms with Crippen molar-refractivity contribution in [2.24, 2.45) is 5.73 Å². The topological polar surface area (TPSA) is 81.8 Å². The molecule has 0 aromatic heterocycles. The van der Waals surface area contributed by atoms with Crippen molar-refractivity contribution in [2.75, 3.05) is 14.2 Å². The van der Waals surface area contributed by atoms with Gasteiger partial charge in [-0.15, -0.1) is 0 Å². The molecule has 1 aromatic rings. The van der Waals surface area contributed by atoms with E-state index in [-0.39, 0.29) is 0 Å². The smallest absolute Gasteiger partial charge is 0.325 e. The van der Waals surface area contributed by atoms with Gasteiger partial charge in [0.05, 0.1) is 13.7 Å². The minimum absolute atomic E-state index is 0.385. The van der Waals surface area contributed by atoms with Crippen molar-refractivity contribution < 1.29 is 19.4 Å². The number of carbonyl (C=O) groups is 1. The van der Waals surface area contributed by atoms with Crippen molar-refractivity contribution in [3.8, 4) is 5.75 Å². The first-order chi connectivity index (χ1) is 7.58. The second-order valence-electron chi connectivity index (χ2n) is 3.36. The molecular weight excluding hydrogens is 210 g/mol. The number of ether oxygens (including phenoxy) is 2. The van der Waals surface area contributed by atoms with Crippen LogP contribution in [0.4, 0.5) is 0 Å². The normalized spacial score (nSPS) is 12.2. The molecule has 3 N–H and O–H groups in total. The number of hydrogen-bond donors (Lipinski definition) is 2. The molecule has 5 heteroatoms. The van der Waals surface area contributed by atoms with E-state index in [1.807, 2.05) is 0 Å². The summed E-state index contributed by atoms with van der Waals surface area (Å²) in [5.41, 5.74) is 6.86. The Morgan fingerprint density at radius 3 is 2.62 bits per heavy atom. The van der Waals surface area contributed by atoms with E-state index in [1.165, 1.54) is 7.11 Å². The van der Waals surface area contributed by atoms with Crippen molar-refractivity contribution in [1.82, 2.24) is 0 Å². The van der Waals surface area contributed by atoms with E-state index in [0.717, 1.165) is 5.56 Å². The number of rotatable bonds is 5. The lowest BCUT2D eigenvalue weighted by Gasteiger charge is -2.11. The van der Waals surface area contributed by atoms with Crippen LogP contribution in [0.2, 0.25) is 0 Å². The zero-order valence-corrected chi connectivity index (χ0v) is 9.27. The fraction of sp³-hybridized carbons (Fsp3) is 0.364. The zero-order chi connectivity index (χ0) is 12.1. The SMILES string of the molecule is COCc1cc(OC)cc(C(N)C(=O)O)c1. The van der Waals surface area contributed by atoms with Crippen LogP contribution in [0.5, 0.6) is 5.75 Å². The van der Waals surface area contributed by atoms with Gasteiger partial charge < -0.3 is 20.3 Å². The summed E-state index contributed by atoms with van der Waals surface area (Å²) < 4.78 is 10.0. The van der Waals surface area contributed by atoms with Crippen LogP contribution < -0.4 is 10.5 Å². The number of methoxy groups -OCH3 is 2. The molecule has 0 bridgehead atoms. The first-order valence-corrected chi connectivity index (χ1v) is 4.73. The van der Waals surface area contributed by atoms with Crippen LogP contribution in [-0.4, -0.2) is 25.3 Å². The van der Waals surface area contributed by atoms with Gasteiger partial charge in [0.1, 0.15) is 11.8 Å². The molecule has 1 atom stereocenters. The summed E-state index contributed by atoms with van der Waals surface area (Å²) in [6.07, 6.45) is 0. The van der Waals surface area contributed by atoms with Gasteiger partial charge >= 0.3 is 5.97 Å². The number of carboxylic acids is 1. The molecule has 16 heavy (non-hydrogen) atoms. The minimum atomic E-state index is -1.07. The van der Waals surface area contributed by atoms with E-state index < -0.39 is 12.0 Å². The van der Waals surface area contributed by atoms with Crippen molar-refractivity contribution in [3.05, 3.63) is 29.3 Å². The Morgan fingerprint density at radius 1 is 1.44 bits per heavy atom. The molecule has 5 nitrogen and oxygen atoms in total. The Morgan fingerprint density at radius 2 is 2.12 bits per heavy atom. The highest BCUT2D eigenvalue weighted by Gasteiger charge is 2.15. The van der Waals surface area contributed by atoms with Crippen LogP contribution in [0.1, 0.15) is 17.2 Å². The molecule has 0 radical (unpaired) electrons. The molecule has 0 saturated heterocycles. The largest absolute Gasteiger partial charge is 0.497 e. The number of nitrogens with two attached hydrogens (primary N) is 1. The molecule has 0 aliphatic rings. The summed E-state index contributed by atoms with van der Waals surface area (Å²) in [6, 6.07) is 4.04. The second-order valence-corrected chi connectivity index (χ2v) is 3.36. The van der Waals surface area contributed by atoms with Gasteiger partial charge in [0.25, 0.3) is 0 Å². The van der Waals surface area contributed by atoms with E-state index >= 15 is 0 Å². The average molecular weight is 225 g/mol. The fourth-order valence-electron chi connectivity index (χ4n) is 1.38. The van der Waals surface area contributed by atoms with E-state index in [0.29, 0.717) is 17.9 Å². The van der Waals surface area contributed by atoms with E-state index in [4.69, 9.17) is 20.3 Å². The van der Waals surface area contributed by atoms with Crippen molar-refractivity contribution >= 4 is 5.97 Å². The predicted octanol–water partition coefficient (Wildman–Crippen LogP) is 0.926. The summed E-state index contributed by atoms with van der Waals surface area (Å²) in [4.78, 5) is 10.8. The Hall–Kier alpha value is -1.59. The number of hydrogen-bond acceptors (Lipinski definition) is 4. The Bertz CT molecular complexity index is 378. The monoisotopic (exact) mass is 225 g/mol. The summed E-state index contributed by atoms with van der Waals surface area (Å²) in [5, 5.41) is 8.82. The van der Waals surface area contributed by atoms with Gasteiger partial charge in [-0.25, -0.2) is 0 Å². The molecule has 0 aliphatic heterocycles. The molecule has 1 unspecified atom stereocenters. The fourth-order valence-corrected chi connectivity index (χ4v) is 1.38. The van der Waals surface area contributed by atoms with Gasteiger partial charge in [-0.05, 0) is 23.3 Å². The third-order valence-corrected chi connectivity index (χ3v) is 2.16. The Labute approximate surface area is 93.8 Å². The van der Waals surface area contributed by atoms with Crippen molar-refractivity contribution in [3.63, 3.8) is 0 Å². The Kier molecular flexibility index (Phi) is 4.28. The summed E-state index contributed by atoms with van der Waals surface area (Å²) in [5.74, 6) is -0.502. The molecule has 1 aromatic carbocycles. The first-order valence-electron chi connectivity index (χ1n) is 4.73. The van der Waals surface area contributed by atoms with Crippen LogP contribution in [0.25, 0.3) is 0 Å². The molecule has 0 heterocycles. The molecular formula is C11H15NO4. The van der Waals surface area contributed by atoms with E-state index in [1.54, 1.807) is 25.3 Å². The zero-order valence-electron chi connectivity index (χ0n) is 9.27. The molecule has 0 spiro atoms. The molecule has 0 fully saturated rings. The highest BCUT2D eigenvalue weighted by atomic mass is 16.5. The lowest BCUT2D eigenvalue weighted by Crippen LogP contribution is -2.20. The average Bonchev–Trinajstić information content (AvgIpc) is 2.27. The molecule has 0 amide bonds. The van der Waals surface area contributed by atoms with Gasteiger partial charge in [-0.3, -0.25) is 4.79 Å². The number of carboxylic acid groups (broad SMARTS) is 1. The van der Waals surface area contributed by atoms with Crippen LogP contribution in [-0.2, 0) is 16.1 Å². The lowest BCUT2D eigenvalue weighted by molar-refractivity contribution is -0.138. The maximum atomic E-state index is 10.8. The summed E-state index contributed by atoms with van der Waals surface area (Å²) in [7, 11) is 3.08. The van der Waals surface area contributed by atoms with Crippen molar-refractivity contribution in [2.45, 2.75) is 12.6 Å². The van der Waals surface area contributed by atoms with Gasteiger partial charge in [-0.2, -0.15) is 0 Å². The summed E-state index contributed by atoms with van der Waals surface area (Å²) in [6.45, 7) is 0.385. The standard InChI is InChI=1S/C11H15NO4/c1-15-6-7-3-8(10(12)11(13)14)5-9(4-7)16-2/h3-5,10H,6,12H2,1-2H3,(H,13,14). The highest BCUT2D eigenvalue weighted by Crippen LogP contribution is 2.21. The van der Waals surface area contributed by atoms with Gasteiger partial charge in [0.2, 0.25) is 0 Å². The van der Waals surface area contributed by atoms with E-state index in [2.05, 4.69) is 0 Å². The van der Waals surface area contributed by atoms with E-state index in [9.17, 15) is 4.79 Å².